The summed E-state index contributed by atoms with van der Waals surface area (Å²) in [6, 6.07) is 0. The Bertz CT molecular complexity index is 947. The summed E-state index contributed by atoms with van der Waals surface area (Å²) in [7, 11) is 1.34. The van der Waals surface area contributed by atoms with Crippen LogP contribution < -0.4 is 0 Å². The number of allylic oxidation sites excluding steroid dienone is 8. The lowest BCUT2D eigenvalue weighted by molar-refractivity contribution is -0.180. The van der Waals surface area contributed by atoms with Crippen LogP contribution in [0.4, 0.5) is 0 Å². The molecule has 1 aliphatic rings. The van der Waals surface area contributed by atoms with Crippen molar-refractivity contribution in [3.05, 3.63) is 46.6 Å². The molecule has 0 unspecified atom stereocenters. The van der Waals surface area contributed by atoms with Crippen LogP contribution >= 0.6 is 0 Å². The van der Waals surface area contributed by atoms with E-state index in [0.29, 0.717) is 19.3 Å². The fraction of sp³-hybridized carbons (Fsp3) is 0.656. The summed E-state index contributed by atoms with van der Waals surface area (Å²) in [5, 5.41) is 0. The molecule has 3 atom stereocenters. The Kier molecular flexibility index (Phi) is 11.3. The number of hydrogen-bond donors (Lipinski definition) is 0. The number of carbonyl (C=O) groups excluding carboxylic acids is 3. The van der Waals surface area contributed by atoms with Gasteiger partial charge in [0.25, 0.3) is 0 Å². The Hall–Kier alpha value is -2.23. The van der Waals surface area contributed by atoms with Crippen molar-refractivity contribution in [3.63, 3.8) is 0 Å². The van der Waals surface area contributed by atoms with E-state index in [1.54, 1.807) is 0 Å². The van der Waals surface area contributed by atoms with E-state index >= 15 is 0 Å². The minimum atomic E-state index is -1.38. The maximum absolute atomic E-state index is 14.5. The van der Waals surface area contributed by atoms with Gasteiger partial charge >= 0.3 is 5.97 Å². The minimum absolute atomic E-state index is 0.0484. The number of hydrogen-bond acceptors (Lipinski definition) is 4. The predicted molar refractivity (Wildman–Crippen MR) is 150 cm³/mol. The topological polar surface area (TPSA) is 60.4 Å². The molecule has 0 aromatic rings. The summed E-state index contributed by atoms with van der Waals surface area (Å²) in [6.07, 6.45) is 12.0. The number of Topliss-reactive ketones (excluding diaryl/α,β-unsaturated/α-hetero) is 2. The first-order valence-electron chi connectivity index (χ1n) is 13.3. The van der Waals surface area contributed by atoms with Gasteiger partial charge in [-0.1, -0.05) is 60.4 Å². The highest BCUT2D eigenvalue weighted by atomic mass is 16.5. The lowest BCUT2D eigenvalue weighted by Gasteiger charge is -2.57. The van der Waals surface area contributed by atoms with Crippen LogP contribution in [0.5, 0.6) is 0 Å². The van der Waals surface area contributed by atoms with Gasteiger partial charge in [0.1, 0.15) is 11.2 Å². The van der Waals surface area contributed by atoms with Crippen molar-refractivity contribution in [1.29, 1.82) is 0 Å². The van der Waals surface area contributed by atoms with Crippen LogP contribution in [0.3, 0.4) is 0 Å². The third kappa shape index (κ3) is 6.75. The van der Waals surface area contributed by atoms with Crippen LogP contribution in [-0.4, -0.2) is 24.6 Å². The van der Waals surface area contributed by atoms with Gasteiger partial charge in [0.2, 0.25) is 0 Å². The molecule has 0 heterocycles. The molecule has 0 saturated heterocycles. The van der Waals surface area contributed by atoms with Gasteiger partial charge in [-0.15, -0.1) is 0 Å². The van der Waals surface area contributed by atoms with Gasteiger partial charge in [0, 0.05) is 0 Å². The Balaban J connectivity index is 3.77. The number of esters is 1. The van der Waals surface area contributed by atoms with Crippen molar-refractivity contribution in [2.45, 2.75) is 108 Å². The van der Waals surface area contributed by atoms with Crippen molar-refractivity contribution >= 4 is 17.5 Å². The Morgan fingerprint density at radius 3 is 1.86 bits per heavy atom. The summed E-state index contributed by atoms with van der Waals surface area (Å²) >= 11 is 0. The zero-order valence-corrected chi connectivity index (χ0v) is 24.8. The molecule has 1 saturated carbocycles. The SMILES string of the molecule is COC(=O)[C@@]1(CC=C(C)C)C[C@@H](C/C=C(\C)CCC=C(C)C)C(C)(C)[C@@](CC=C(C)C)(C(C)=O)C1=O. The van der Waals surface area contributed by atoms with Crippen LogP contribution in [0.25, 0.3) is 0 Å². The van der Waals surface area contributed by atoms with E-state index in [1.807, 2.05) is 53.7 Å². The summed E-state index contributed by atoms with van der Waals surface area (Å²) in [5.74, 6) is -1.03. The molecule has 4 nitrogen and oxygen atoms in total. The first kappa shape index (κ1) is 31.8. The van der Waals surface area contributed by atoms with Crippen molar-refractivity contribution < 1.29 is 19.1 Å². The zero-order chi connectivity index (χ0) is 27.9. The molecule has 4 heteroatoms. The third-order valence-corrected chi connectivity index (χ3v) is 8.23. The molecule has 36 heavy (non-hydrogen) atoms. The zero-order valence-electron chi connectivity index (χ0n) is 24.8. The second kappa shape index (κ2) is 12.8. The molecular weight excluding hydrogens is 448 g/mol. The van der Waals surface area contributed by atoms with E-state index in [-0.39, 0.29) is 23.9 Å². The summed E-state index contributed by atoms with van der Waals surface area (Å²) in [4.78, 5) is 41.5. The van der Waals surface area contributed by atoms with Crippen molar-refractivity contribution in [2.24, 2.45) is 22.2 Å². The molecule has 0 spiro atoms. The highest BCUT2D eigenvalue weighted by Gasteiger charge is 2.68. The second-order valence-corrected chi connectivity index (χ2v) is 12.1. The molecule has 1 rings (SSSR count). The Labute approximate surface area is 220 Å². The average molecular weight is 499 g/mol. The van der Waals surface area contributed by atoms with Crippen molar-refractivity contribution in [3.8, 4) is 0 Å². The molecular formula is C32H50O4. The first-order valence-corrected chi connectivity index (χ1v) is 13.3. The number of ketones is 2. The van der Waals surface area contributed by atoms with Gasteiger partial charge in [0.15, 0.2) is 5.78 Å². The predicted octanol–water partition coefficient (Wildman–Crippen LogP) is 8.13. The van der Waals surface area contributed by atoms with E-state index < -0.39 is 22.2 Å². The Morgan fingerprint density at radius 1 is 0.861 bits per heavy atom. The maximum atomic E-state index is 14.5. The van der Waals surface area contributed by atoms with E-state index in [0.717, 1.165) is 24.0 Å². The number of ether oxygens (including phenoxy) is 1. The van der Waals surface area contributed by atoms with Crippen LogP contribution in [0.15, 0.2) is 46.6 Å². The molecule has 1 fully saturated rings. The monoisotopic (exact) mass is 498 g/mol. The van der Waals surface area contributed by atoms with Gasteiger partial charge in [-0.2, -0.15) is 0 Å². The number of methoxy groups -OCH3 is 1. The summed E-state index contributed by atoms with van der Waals surface area (Å²) in [6.45, 7) is 19.8. The van der Waals surface area contributed by atoms with Crippen LogP contribution in [0.2, 0.25) is 0 Å². The van der Waals surface area contributed by atoms with Gasteiger partial charge in [0.05, 0.1) is 12.5 Å². The number of carbonyl (C=O) groups is 3. The van der Waals surface area contributed by atoms with Crippen LogP contribution in [0, 0.1) is 22.2 Å². The molecule has 0 aliphatic heterocycles. The van der Waals surface area contributed by atoms with Crippen LogP contribution in [-0.2, 0) is 19.1 Å². The quantitative estimate of drug-likeness (QED) is 0.164. The molecule has 0 N–H and O–H groups in total. The normalized spacial score (nSPS) is 25.6. The Morgan fingerprint density at radius 2 is 1.39 bits per heavy atom. The molecule has 0 amide bonds. The smallest absolute Gasteiger partial charge is 0.319 e. The lowest BCUT2D eigenvalue weighted by atomic mass is 9.43. The standard InChI is InChI=1S/C32H50O4/c1-22(2)13-12-14-25(7)15-16-27-21-31(29(35)36-11,19-17-23(3)4)28(34)32(26(8)33,30(27,9)10)20-18-24(5)6/h13,15,17-18,27H,12,14,16,19-21H2,1-11H3/b25-15+/t27-,31+,32+/m1/s1. The van der Waals surface area contributed by atoms with Gasteiger partial charge in [-0.25, -0.2) is 0 Å². The fourth-order valence-corrected chi connectivity index (χ4v) is 5.71. The highest BCUT2D eigenvalue weighted by Crippen LogP contribution is 2.61. The maximum Gasteiger partial charge on any atom is 0.319 e. The molecule has 1 aliphatic carbocycles. The second-order valence-electron chi connectivity index (χ2n) is 12.1. The largest absolute Gasteiger partial charge is 0.468 e. The third-order valence-electron chi connectivity index (χ3n) is 8.23. The van der Waals surface area contributed by atoms with E-state index in [2.05, 4.69) is 32.9 Å². The van der Waals surface area contributed by atoms with E-state index in [9.17, 15) is 14.4 Å². The molecule has 202 valence electrons. The van der Waals surface area contributed by atoms with Crippen molar-refractivity contribution in [2.75, 3.05) is 7.11 Å². The van der Waals surface area contributed by atoms with E-state index in [1.165, 1.54) is 25.2 Å². The molecule has 0 radical (unpaired) electrons. The van der Waals surface area contributed by atoms with Gasteiger partial charge in [-0.3, -0.25) is 14.4 Å². The minimum Gasteiger partial charge on any atom is -0.468 e. The van der Waals surface area contributed by atoms with E-state index in [4.69, 9.17) is 4.74 Å². The first-order chi connectivity index (χ1) is 16.6. The van der Waals surface area contributed by atoms with Gasteiger partial charge in [-0.05, 0) is 105 Å². The highest BCUT2D eigenvalue weighted by molar-refractivity contribution is 6.17. The fourth-order valence-electron chi connectivity index (χ4n) is 5.71. The van der Waals surface area contributed by atoms with Gasteiger partial charge < -0.3 is 4.74 Å². The lowest BCUT2D eigenvalue weighted by Crippen LogP contribution is -2.64. The van der Waals surface area contributed by atoms with Crippen molar-refractivity contribution in [1.82, 2.24) is 0 Å². The molecule has 0 bridgehead atoms. The van der Waals surface area contributed by atoms with Crippen LogP contribution in [0.1, 0.15) is 108 Å². The average Bonchev–Trinajstić information content (AvgIpc) is 2.76. The number of rotatable bonds is 11. The molecule has 0 aromatic carbocycles. The summed E-state index contributed by atoms with van der Waals surface area (Å²) in [5.41, 5.74) is 1.34. The molecule has 0 aromatic heterocycles. The summed E-state index contributed by atoms with van der Waals surface area (Å²) < 4.78 is 5.27.